The Morgan fingerprint density at radius 2 is 1.73 bits per heavy atom. The summed E-state index contributed by atoms with van der Waals surface area (Å²) in [5.74, 6) is 1.29. The highest BCUT2D eigenvalue weighted by atomic mass is 16.5. The maximum absolute atomic E-state index is 12.7. The van der Waals surface area contributed by atoms with Gasteiger partial charge in [-0.3, -0.25) is 4.79 Å². The summed E-state index contributed by atoms with van der Waals surface area (Å²) in [5, 5.41) is 3.03. The standard InChI is InChI=1S/C21H28N2O3/c1-5-14-26-20-13-9-7-11-17(20)21(24)22-15-18(23(2)3)16-10-6-8-12-19(16)25-4/h6-13,18H,5,14-15H2,1-4H3,(H,22,24)/t18-/m0/s1. The molecule has 2 aromatic rings. The molecule has 0 bridgehead atoms. The molecule has 5 nitrogen and oxygen atoms in total. The number of carbonyl (C=O) groups is 1. The summed E-state index contributed by atoms with van der Waals surface area (Å²) >= 11 is 0. The molecule has 140 valence electrons. The van der Waals surface area contributed by atoms with Crippen LogP contribution in [0.5, 0.6) is 11.5 Å². The molecular weight excluding hydrogens is 328 g/mol. The monoisotopic (exact) mass is 356 g/mol. The molecule has 26 heavy (non-hydrogen) atoms. The summed E-state index contributed by atoms with van der Waals surface area (Å²) in [4.78, 5) is 14.8. The van der Waals surface area contributed by atoms with Gasteiger partial charge < -0.3 is 19.7 Å². The van der Waals surface area contributed by atoms with E-state index in [1.807, 2.05) is 63.5 Å². The Morgan fingerprint density at radius 1 is 1.08 bits per heavy atom. The van der Waals surface area contributed by atoms with Crippen LogP contribution < -0.4 is 14.8 Å². The fourth-order valence-electron chi connectivity index (χ4n) is 2.79. The van der Waals surface area contributed by atoms with Gasteiger partial charge in [-0.25, -0.2) is 0 Å². The Balaban J connectivity index is 2.13. The molecule has 1 amide bonds. The number of carbonyl (C=O) groups excluding carboxylic acids is 1. The number of ether oxygens (including phenoxy) is 2. The normalized spacial score (nSPS) is 11.9. The lowest BCUT2D eigenvalue weighted by Gasteiger charge is -2.26. The number of hydrogen-bond acceptors (Lipinski definition) is 4. The highest BCUT2D eigenvalue weighted by molar-refractivity contribution is 5.96. The number of rotatable bonds is 9. The number of nitrogens with zero attached hydrogens (tertiary/aromatic N) is 1. The van der Waals surface area contributed by atoms with Crippen molar-refractivity contribution in [3.8, 4) is 11.5 Å². The Kier molecular flexibility index (Phi) is 7.48. The van der Waals surface area contributed by atoms with Gasteiger partial charge in [0.15, 0.2) is 0 Å². The Bertz CT molecular complexity index is 716. The first-order valence-corrected chi connectivity index (χ1v) is 8.87. The summed E-state index contributed by atoms with van der Waals surface area (Å²) < 4.78 is 11.2. The first-order valence-electron chi connectivity index (χ1n) is 8.87. The number of para-hydroxylation sites is 2. The molecule has 0 radical (unpaired) electrons. The van der Waals surface area contributed by atoms with Crippen molar-refractivity contribution >= 4 is 5.91 Å². The zero-order valence-electron chi connectivity index (χ0n) is 16.0. The quantitative estimate of drug-likeness (QED) is 0.747. The highest BCUT2D eigenvalue weighted by Crippen LogP contribution is 2.27. The predicted octanol–water partition coefficient (Wildman–Crippen LogP) is 3.52. The van der Waals surface area contributed by atoms with E-state index in [0.717, 1.165) is 17.7 Å². The third-order valence-electron chi connectivity index (χ3n) is 4.17. The van der Waals surface area contributed by atoms with Gasteiger partial charge in [0.05, 0.1) is 25.3 Å². The number of amides is 1. The van der Waals surface area contributed by atoms with Gasteiger partial charge in [-0.2, -0.15) is 0 Å². The van der Waals surface area contributed by atoms with Crippen molar-refractivity contribution in [2.45, 2.75) is 19.4 Å². The molecule has 0 spiro atoms. The number of benzene rings is 2. The van der Waals surface area contributed by atoms with Crippen molar-refractivity contribution in [2.24, 2.45) is 0 Å². The van der Waals surface area contributed by atoms with E-state index in [-0.39, 0.29) is 11.9 Å². The third kappa shape index (κ3) is 4.99. The molecule has 0 aliphatic rings. The van der Waals surface area contributed by atoms with E-state index in [0.29, 0.717) is 24.5 Å². The predicted molar refractivity (Wildman–Crippen MR) is 104 cm³/mol. The van der Waals surface area contributed by atoms with Crippen LogP contribution in [0.15, 0.2) is 48.5 Å². The lowest BCUT2D eigenvalue weighted by atomic mass is 10.0. The van der Waals surface area contributed by atoms with Crippen LogP contribution >= 0.6 is 0 Å². The molecule has 0 aliphatic heterocycles. The second-order valence-electron chi connectivity index (χ2n) is 6.28. The minimum atomic E-state index is -0.140. The number of likely N-dealkylation sites (N-methyl/N-ethyl adjacent to an activating group) is 1. The molecule has 1 N–H and O–H groups in total. The fraction of sp³-hybridized carbons (Fsp3) is 0.381. The molecule has 2 rings (SSSR count). The van der Waals surface area contributed by atoms with E-state index in [1.54, 1.807) is 13.2 Å². The number of hydrogen-bond donors (Lipinski definition) is 1. The Hall–Kier alpha value is -2.53. The summed E-state index contributed by atoms with van der Waals surface area (Å²) in [6.07, 6.45) is 0.895. The number of nitrogens with one attached hydrogen (secondary N) is 1. The van der Waals surface area contributed by atoms with Crippen LogP contribution in [0.1, 0.15) is 35.3 Å². The summed E-state index contributed by atoms with van der Waals surface area (Å²) in [6.45, 7) is 3.10. The van der Waals surface area contributed by atoms with E-state index in [2.05, 4.69) is 10.2 Å². The largest absolute Gasteiger partial charge is 0.496 e. The van der Waals surface area contributed by atoms with Gasteiger partial charge in [0, 0.05) is 12.1 Å². The van der Waals surface area contributed by atoms with Crippen LogP contribution in [-0.4, -0.2) is 45.2 Å². The summed E-state index contributed by atoms with van der Waals surface area (Å²) in [6, 6.07) is 15.2. The highest BCUT2D eigenvalue weighted by Gasteiger charge is 2.20. The van der Waals surface area contributed by atoms with E-state index >= 15 is 0 Å². The Morgan fingerprint density at radius 3 is 2.38 bits per heavy atom. The average molecular weight is 356 g/mol. The molecular formula is C21H28N2O3. The molecule has 0 aliphatic carbocycles. The van der Waals surface area contributed by atoms with Crippen molar-refractivity contribution in [1.29, 1.82) is 0 Å². The van der Waals surface area contributed by atoms with Gasteiger partial charge in [-0.05, 0) is 38.7 Å². The summed E-state index contributed by atoms with van der Waals surface area (Å²) in [7, 11) is 5.63. The molecule has 1 atom stereocenters. The van der Waals surface area contributed by atoms with Gasteiger partial charge in [0.1, 0.15) is 11.5 Å². The maximum atomic E-state index is 12.7. The molecule has 0 fully saturated rings. The average Bonchev–Trinajstić information content (AvgIpc) is 2.66. The van der Waals surface area contributed by atoms with Crippen molar-refractivity contribution in [1.82, 2.24) is 10.2 Å². The van der Waals surface area contributed by atoms with Crippen LogP contribution in [0.4, 0.5) is 0 Å². The molecule has 0 saturated carbocycles. The van der Waals surface area contributed by atoms with Crippen LogP contribution in [0, 0.1) is 0 Å². The first-order chi connectivity index (χ1) is 12.6. The first kappa shape index (κ1) is 19.8. The lowest BCUT2D eigenvalue weighted by Crippen LogP contribution is -2.35. The van der Waals surface area contributed by atoms with Gasteiger partial charge >= 0.3 is 0 Å². The molecule has 0 heterocycles. The van der Waals surface area contributed by atoms with Gasteiger partial charge in [-0.1, -0.05) is 37.3 Å². The Labute approximate surface area is 155 Å². The SMILES string of the molecule is CCCOc1ccccc1C(=O)NC[C@@H](c1ccccc1OC)N(C)C. The zero-order valence-corrected chi connectivity index (χ0v) is 16.0. The zero-order chi connectivity index (χ0) is 18.9. The van der Waals surface area contributed by atoms with E-state index in [4.69, 9.17) is 9.47 Å². The second kappa shape index (κ2) is 9.82. The molecule has 0 aromatic heterocycles. The van der Waals surface area contributed by atoms with Crippen molar-refractivity contribution < 1.29 is 14.3 Å². The fourth-order valence-corrected chi connectivity index (χ4v) is 2.79. The molecule has 0 unspecified atom stereocenters. The smallest absolute Gasteiger partial charge is 0.255 e. The summed E-state index contributed by atoms with van der Waals surface area (Å²) in [5.41, 5.74) is 1.59. The molecule has 5 heteroatoms. The maximum Gasteiger partial charge on any atom is 0.255 e. The van der Waals surface area contributed by atoms with Crippen LogP contribution in [0.25, 0.3) is 0 Å². The minimum absolute atomic E-state index is 0.00109. The van der Waals surface area contributed by atoms with Gasteiger partial charge in [-0.15, -0.1) is 0 Å². The topological polar surface area (TPSA) is 50.8 Å². The lowest BCUT2D eigenvalue weighted by molar-refractivity contribution is 0.0937. The van der Waals surface area contributed by atoms with E-state index < -0.39 is 0 Å². The van der Waals surface area contributed by atoms with Crippen LogP contribution in [0.2, 0.25) is 0 Å². The molecule has 0 saturated heterocycles. The van der Waals surface area contributed by atoms with Crippen LogP contribution in [-0.2, 0) is 0 Å². The van der Waals surface area contributed by atoms with E-state index in [9.17, 15) is 4.79 Å². The number of methoxy groups -OCH3 is 1. The van der Waals surface area contributed by atoms with Crippen molar-refractivity contribution in [3.05, 3.63) is 59.7 Å². The van der Waals surface area contributed by atoms with Gasteiger partial charge in [0.2, 0.25) is 0 Å². The van der Waals surface area contributed by atoms with Gasteiger partial charge in [0.25, 0.3) is 5.91 Å². The van der Waals surface area contributed by atoms with Crippen LogP contribution in [0.3, 0.4) is 0 Å². The minimum Gasteiger partial charge on any atom is -0.496 e. The van der Waals surface area contributed by atoms with Crippen molar-refractivity contribution in [2.75, 3.05) is 34.4 Å². The van der Waals surface area contributed by atoms with E-state index in [1.165, 1.54) is 0 Å². The second-order valence-corrected chi connectivity index (χ2v) is 6.28. The van der Waals surface area contributed by atoms with Crippen molar-refractivity contribution in [3.63, 3.8) is 0 Å². The molecule has 2 aromatic carbocycles. The third-order valence-corrected chi connectivity index (χ3v) is 4.17.